The van der Waals surface area contributed by atoms with E-state index in [-0.39, 0.29) is 60.9 Å². The highest BCUT2D eigenvalue weighted by atomic mass is 15.2. The third kappa shape index (κ3) is 9.08. The second kappa shape index (κ2) is 20.0. The van der Waals surface area contributed by atoms with Crippen LogP contribution in [0.25, 0.3) is 0 Å². The molecule has 0 saturated heterocycles. The number of benzene rings is 9. The minimum absolute atomic E-state index is 0.0160. The Morgan fingerprint density at radius 1 is 0.298 bits per heavy atom. The predicted molar refractivity (Wildman–Crippen MR) is 405 cm³/mol. The topological polar surface area (TPSA) is 9.72 Å². The second-order valence-corrected chi connectivity index (χ2v) is 36.4. The first-order valence-corrected chi connectivity index (χ1v) is 35.5. The van der Waals surface area contributed by atoms with E-state index in [1.54, 1.807) is 0 Å². The van der Waals surface area contributed by atoms with Crippen molar-refractivity contribution >= 4 is 74.3 Å². The number of hydrogen-bond donors (Lipinski definition) is 0. The van der Waals surface area contributed by atoms with Crippen molar-refractivity contribution in [3.63, 3.8) is 0 Å². The average molecular weight is 1240 g/mol. The minimum atomic E-state index is -0.280. The highest BCUT2D eigenvalue weighted by Crippen LogP contribution is 2.58. The van der Waals surface area contributed by atoms with Crippen LogP contribution in [-0.2, 0) is 54.1 Å². The van der Waals surface area contributed by atoms with Gasteiger partial charge < -0.3 is 14.7 Å². The molecule has 0 fully saturated rings. The van der Waals surface area contributed by atoms with E-state index in [9.17, 15) is 0 Å². The van der Waals surface area contributed by atoms with Gasteiger partial charge in [0.1, 0.15) is 0 Å². The molecule has 0 atom stereocenters. The maximum Gasteiger partial charge on any atom is 0.252 e. The Labute approximate surface area is 565 Å². The molecule has 6 aliphatic rings. The zero-order valence-electron chi connectivity index (χ0n) is 60.9. The van der Waals surface area contributed by atoms with Crippen LogP contribution in [0.2, 0.25) is 0 Å². The summed E-state index contributed by atoms with van der Waals surface area (Å²) in [6, 6.07) is 69.1. The van der Waals surface area contributed by atoms with Gasteiger partial charge in [0.25, 0.3) is 6.71 Å². The van der Waals surface area contributed by atoms with Crippen LogP contribution in [0.5, 0.6) is 0 Å². The molecule has 15 rings (SSSR count). The Morgan fingerprint density at radius 3 is 1.02 bits per heavy atom. The highest BCUT2D eigenvalue weighted by Gasteiger charge is 2.51. The quantitative estimate of drug-likeness (QED) is 0.159. The minimum Gasteiger partial charge on any atom is -0.311 e. The Hall–Kier alpha value is -7.56. The molecule has 9 aromatic carbocycles. The van der Waals surface area contributed by atoms with Gasteiger partial charge in [0.05, 0.1) is 5.69 Å². The smallest absolute Gasteiger partial charge is 0.252 e. The Balaban J connectivity index is 1.12. The summed E-state index contributed by atoms with van der Waals surface area (Å²) in [4.78, 5) is 8.11. The first kappa shape index (κ1) is 62.6. The maximum absolute atomic E-state index is 2.77. The zero-order chi connectivity index (χ0) is 66.9. The largest absolute Gasteiger partial charge is 0.311 e. The first-order valence-electron chi connectivity index (χ1n) is 35.5. The maximum atomic E-state index is 2.77. The molecule has 94 heavy (non-hydrogen) atoms. The van der Waals surface area contributed by atoms with Gasteiger partial charge in [0.2, 0.25) is 0 Å². The standard InChI is InChI=1S/C90H102BN3/c1-81(2,3)55-31-35-57(36-32-55)92(58-37-33-56(34-38-58)82(4,5)6)61-49-78-80-79(50-61)94(60-40-42-67-71(48-60)88(17,18)64-28-24-23-27-63(64)87(67,15)16)76-53-70-69(85(11,12)45-46-86(70,13)14)51-74(76)91(80)75-52-72-73(90(21,22)66-30-26-25-29-65(66)89(72,19)20)54-77(75)93(78)59-39-41-62-68(47-59)84(9,10)44-43-83(62,7)8/h23-42,47-54H,43-46H2,1-22H3. The fourth-order valence-corrected chi connectivity index (χ4v) is 18.6. The lowest BCUT2D eigenvalue weighted by atomic mass is 9.32. The van der Waals surface area contributed by atoms with Crippen molar-refractivity contribution in [2.75, 3.05) is 14.7 Å². The molecule has 0 unspecified atom stereocenters. The van der Waals surface area contributed by atoms with E-state index >= 15 is 0 Å². The third-order valence-corrected chi connectivity index (χ3v) is 25.0. The number of anilines is 9. The molecule has 3 nitrogen and oxygen atoms in total. The van der Waals surface area contributed by atoms with Crippen LogP contribution in [-0.4, -0.2) is 6.71 Å². The molecule has 9 aromatic rings. The van der Waals surface area contributed by atoms with Gasteiger partial charge >= 0.3 is 0 Å². The molecule has 2 aliphatic heterocycles. The molecule has 480 valence electrons. The van der Waals surface area contributed by atoms with Crippen molar-refractivity contribution in [3.05, 3.63) is 248 Å². The Morgan fingerprint density at radius 2 is 0.606 bits per heavy atom. The van der Waals surface area contributed by atoms with Crippen LogP contribution in [0.4, 0.5) is 51.2 Å². The van der Waals surface area contributed by atoms with E-state index in [0.29, 0.717) is 0 Å². The number of hydrogen-bond acceptors (Lipinski definition) is 3. The second-order valence-electron chi connectivity index (χ2n) is 36.4. The molecule has 0 radical (unpaired) electrons. The molecule has 0 amide bonds. The lowest BCUT2D eigenvalue weighted by Gasteiger charge is -2.50. The summed E-state index contributed by atoms with van der Waals surface area (Å²) >= 11 is 0. The van der Waals surface area contributed by atoms with Crippen LogP contribution in [0, 0.1) is 0 Å². The summed E-state index contributed by atoms with van der Waals surface area (Å²) in [6.45, 7) is 53.7. The summed E-state index contributed by atoms with van der Waals surface area (Å²) in [7, 11) is 0. The fraction of sp³-hybridized carbons (Fsp3) is 0.400. The number of fused-ring (bicyclic) bond motifs is 10. The van der Waals surface area contributed by atoms with Crippen LogP contribution in [0.1, 0.15) is 256 Å². The summed E-state index contributed by atoms with van der Waals surface area (Å²) in [6.07, 6.45) is 4.56. The molecule has 0 spiro atoms. The van der Waals surface area contributed by atoms with E-state index in [1.807, 2.05) is 0 Å². The van der Waals surface area contributed by atoms with Crippen molar-refractivity contribution in [2.24, 2.45) is 0 Å². The van der Waals surface area contributed by atoms with Gasteiger partial charge in [-0.2, -0.15) is 0 Å². The van der Waals surface area contributed by atoms with E-state index in [4.69, 9.17) is 0 Å². The first-order chi connectivity index (χ1) is 43.9. The van der Waals surface area contributed by atoms with Crippen molar-refractivity contribution in [2.45, 2.75) is 232 Å². The summed E-state index contributed by atoms with van der Waals surface area (Å²) in [5.41, 5.74) is 33.7. The molecule has 4 aliphatic carbocycles. The van der Waals surface area contributed by atoms with Crippen LogP contribution in [0.3, 0.4) is 0 Å². The average Bonchev–Trinajstić information content (AvgIpc) is 0.681. The predicted octanol–water partition coefficient (Wildman–Crippen LogP) is 22.5. The molecule has 4 heteroatoms. The van der Waals surface area contributed by atoms with Crippen molar-refractivity contribution in [1.29, 1.82) is 0 Å². The van der Waals surface area contributed by atoms with E-state index in [2.05, 4.69) is 337 Å². The lowest BCUT2D eigenvalue weighted by Crippen LogP contribution is -2.62. The van der Waals surface area contributed by atoms with Crippen molar-refractivity contribution in [1.82, 2.24) is 0 Å². The van der Waals surface area contributed by atoms with Crippen LogP contribution >= 0.6 is 0 Å². The van der Waals surface area contributed by atoms with Gasteiger partial charge in [-0.1, -0.05) is 249 Å². The molecular weight excluding hydrogens is 1130 g/mol. The van der Waals surface area contributed by atoms with Crippen molar-refractivity contribution < 1.29 is 0 Å². The summed E-state index contributed by atoms with van der Waals surface area (Å²) in [5, 5.41) is 0. The van der Waals surface area contributed by atoms with E-state index in [0.717, 1.165) is 42.7 Å². The Bertz CT molecular complexity index is 4580. The third-order valence-electron chi connectivity index (χ3n) is 25.0. The molecule has 2 heterocycles. The van der Waals surface area contributed by atoms with Gasteiger partial charge in [-0.05, 0) is 225 Å². The number of rotatable bonds is 5. The number of nitrogens with zero attached hydrogens (tertiary/aromatic N) is 3. The monoisotopic (exact) mass is 1240 g/mol. The summed E-state index contributed by atoms with van der Waals surface area (Å²) < 4.78 is 0. The molecule has 0 saturated carbocycles. The lowest BCUT2D eigenvalue weighted by molar-refractivity contribution is 0.332. The fourth-order valence-electron chi connectivity index (χ4n) is 18.6. The SMILES string of the molecule is CC(C)(C)c1ccc(N(c2ccc(C(C)(C)C)cc2)c2cc3c4c(c2)N(c2ccc5c(c2)C(C)(C)CCC5(C)C)c2cc5c(cc2B4c2cc4c(cc2N3c2ccc3c(c2)C(C)(C)c2ccccc2C3(C)C)C(C)(C)CCC4(C)C)C(C)(C)c2ccccc2C5(C)C)cc1. The highest BCUT2D eigenvalue weighted by molar-refractivity contribution is 7.00. The van der Waals surface area contributed by atoms with E-state index in [1.165, 1.54) is 128 Å². The van der Waals surface area contributed by atoms with Gasteiger partial charge in [0.15, 0.2) is 0 Å². The van der Waals surface area contributed by atoms with E-state index < -0.39 is 0 Å². The normalized spacial score (nSPS) is 19.6. The van der Waals surface area contributed by atoms with Crippen molar-refractivity contribution in [3.8, 4) is 0 Å². The zero-order valence-corrected chi connectivity index (χ0v) is 60.9. The van der Waals surface area contributed by atoms with Gasteiger partial charge in [-0.25, -0.2) is 0 Å². The molecular formula is C90H102BN3. The molecule has 0 aromatic heterocycles. The van der Waals surface area contributed by atoms with Crippen LogP contribution < -0.4 is 31.1 Å². The van der Waals surface area contributed by atoms with Crippen LogP contribution in [0.15, 0.2) is 170 Å². The summed E-state index contributed by atoms with van der Waals surface area (Å²) in [5.74, 6) is 0. The molecule has 0 N–H and O–H groups in total. The van der Waals surface area contributed by atoms with Gasteiger partial charge in [0, 0.05) is 67.2 Å². The van der Waals surface area contributed by atoms with Gasteiger partial charge in [-0.15, -0.1) is 0 Å². The Kier molecular flexibility index (Phi) is 13.3. The van der Waals surface area contributed by atoms with Gasteiger partial charge in [-0.3, -0.25) is 0 Å². The molecule has 0 bridgehead atoms.